The maximum Gasteiger partial charge on any atom is 0.407 e. The van der Waals surface area contributed by atoms with Crippen LogP contribution in [0.3, 0.4) is 0 Å². The number of aliphatic carboxylic acids is 1. The molecule has 1 aliphatic rings. The summed E-state index contributed by atoms with van der Waals surface area (Å²) in [5.41, 5.74) is 4.35. The molecule has 0 heterocycles. The highest BCUT2D eigenvalue weighted by atomic mass is 16.5. The SMILES string of the molecule is COCCC(NC(=O)C(COC)NC(=O)OCC1c2ccccc2-c2ccccc21)C(=O)O. The molecule has 176 valence electrons. The van der Waals surface area contributed by atoms with Crippen LogP contribution in [0.2, 0.25) is 0 Å². The highest BCUT2D eigenvalue weighted by Crippen LogP contribution is 2.44. The van der Waals surface area contributed by atoms with Crippen LogP contribution in [-0.2, 0) is 23.8 Å². The van der Waals surface area contributed by atoms with Gasteiger partial charge in [-0.1, -0.05) is 48.5 Å². The molecular weight excluding hydrogens is 428 g/mol. The molecule has 9 heteroatoms. The largest absolute Gasteiger partial charge is 0.480 e. The third kappa shape index (κ3) is 5.88. The van der Waals surface area contributed by atoms with Crippen LogP contribution in [0.25, 0.3) is 11.1 Å². The van der Waals surface area contributed by atoms with Gasteiger partial charge in [-0.25, -0.2) is 9.59 Å². The molecule has 33 heavy (non-hydrogen) atoms. The Balaban J connectivity index is 1.62. The van der Waals surface area contributed by atoms with Gasteiger partial charge < -0.3 is 30.0 Å². The Kier molecular flexibility index (Phi) is 8.39. The second-order valence-corrected chi connectivity index (χ2v) is 7.66. The fraction of sp³-hybridized carbons (Fsp3) is 0.375. The molecule has 0 aromatic heterocycles. The number of alkyl carbamates (subject to hydrolysis) is 1. The summed E-state index contributed by atoms with van der Waals surface area (Å²) in [6, 6.07) is 13.6. The number of amides is 2. The van der Waals surface area contributed by atoms with E-state index in [1.165, 1.54) is 14.2 Å². The summed E-state index contributed by atoms with van der Waals surface area (Å²) in [4.78, 5) is 36.4. The Morgan fingerprint density at radius 1 is 0.909 bits per heavy atom. The summed E-state index contributed by atoms with van der Waals surface area (Å²) in [6.45, 7) is 0.103. The average Bonchev–Trinajstić information content (AvgIpc) is 3.13. The number of nitrogens with one attached hydrogen (secondary N) is 2. The zero-order valence-corrected chi connectivity index (χ0v) is 18.6. The summed E-state index contributed by atoms with van der Waals surface area (Å²) >= 11 is 0. The van der Waals surface area contributed by atoms with Gasteiger partial charge in [0.15, 0.2) is 0 Å². The Hall–Kier alpha value is -3.43. The van der Waals surface area contributed by atoms with Gasteiger partial charge in [0.2, 0.25) is 5.91 Å². The molecule has 0 saturated heterocycles. The van der Waals surface area contributed by atoms with E-state index >= 15 is 0 Å². The van der Waals surface area contributed by atoms with Crippen LogP contribution in [0.1, 0.15) is 23.5 Å². The van der Waals surface area contributed by atoms with Crippen LogP contribution in [0, 0.1) is 0 Å². The van der Waals surface area contributed by atoms with E-state index in [9.17, 15) is 19.5 Å². The Morgan fingerprint density at radius 2 is 1.52 bits per heavy atom. The highest BCUT2D eigenvalue weighted by molar-refractivity contribution is 5.89. The van der Waals surface area contributed by atoms with Gasteiger partial charge in [-0.2, -0.15) is 0 Å². The third-order valence-electron chi connectivity index (χ3n) is 5.51. The van der Waals surface area contributed by atoms with E-state index < -0.39 is 30.1 Å². The van der Waals surface area contributed by atoms with Gasteiger partial charge in [0.1, 0.15) is 18.7 Å². The van der Waals surface area contributed by atoms with Crippen LogP contribution >= 0.6 is 0 Å². The molecule has 2 aromatic rings. The van der Waals surface area contributed by atoms with E-state index in [0.29, 0.717) is 0 Å². The first-order chi connectivity index (χ1) is 16.0. The van der Waals surface area contributed by atoms with Crippen molar-refractivity contribution < 1.29 is 33.7 Å². The smallest absolute Gasteiger partial charge is 0.407 e. The maximum absolute atomic E-state index is 12.6. The first kappa shape index (κ1) is 24.2. The maximum atomic E-state index is 12.6. The monoisotopic (exact) mass is 456 g/mol. The van der Waals surface area contributed by atoms with E-state index in [4.69, 9.17) is 14.2 Å². The van der Waals surface area contributed by atoms with E-state index in [-0.39, 0.29) is 32.2 Å². The number of carboxylic acids is 1. The number of carbonyl (C=O) groups excluding carboxylic acids is 2. The Labute approximate surface area is 192 Å². The van der Waals surface area contributed by atoms with Crippen molar-refractivity contribution in [2.45, 2.75) is 24.4 Å². The first-order valence-electron chi connectivity index (χ1n) is 10.6. The summed E-state index contributed by atoms with van der Waals surface area (Å²) in [7, 11) is 2.81. The van der Waals surface area contributed by atoms with Gasteiger partial charge in [-0.3, -0.25) is 4.79 Å². The second-order valence-electron chi connectivity index (χ2n) is 7.66. The molecule has 3 N–H and O–H groups in total. The number of ether oxygens (including phenoxy) is 3. The number of benzene rings is 2. The van der Waals surface area contributed by atoms with Crippen molar-refractivity contribution in [2.24, 2.45) is 0 Å². The third-order valence-corrected chi connectivity index (χ3v) is 5.51. The summed E-state index contributed by atoms with van der Waals surface area (Å²) < 4.78 is 15.4. The van der Waals surface area contributed by atoms with Crippen LogP contribution in [0.4, 0.5) is 4.79 Å². The van der Waals surface area contributed by atoms with Crippen molar-refractivity contribution in [3.8, 4) is 11.1 Å². The van der Waals surface area contributed by atoms with Gasteiger partial charge in [-0.15, -0.1) is 0 Å². The Bertz CT molecular complexity index is 949. The summed E-state index contributed by atoms with van der Waals surface area (Å²) in [6.07, 6.45) is -0.708. The minimum absolute atomic E-state index is 0.0855. The average molecular weight is 456 g/mol. The zero-order valence-electron chi connectivity index (χ0n) is 18.6. The molecule has 0 fully saturated rings. The molecule has 9 nitrogen and oxygen atoms in total. The quantitative estimate of drug-likeness (QED) is 0.473. The number of carboxylic acid groups (broad SMARTS) is 1. The van der Waals surface area contributed by atoms with Gasteiger partial charge in [0.25, 0.3) is 0 Å². The van der Waals surface area contributed by atoms with Gasteiger partial charge in [0, 0.05) is 33.2 Å². The van der Waals surface area contributed by atoms with E-state index in [0.717, 1.165) is 22.3 Å². The van der Waals surface area contributed by atoms with Gasteiger partial charge >= 0.3 is 12.1 Å². The molecular formula is C24H28N2O7. The molecule has 0 radical (unpaired) electrons. The van der Waals surface area contributed by atoms with Crippen molar-refractivity contribution in [1.82, 2.24) is 10.6 Å². The van der Waals surface area contributed by atoms with Crippen LogP contribution in [-0.4, -0.2) is 69.2 Å². The van der Waals surface area contributed by atoms with Crippen molar-refractivity contribution in [1.29, 1.82) is 0 Å². The zero-order chi connectivity index (χ0) is 23.8. The predicted octanol–water partition coefficient (Wildman–Crippen LogP) is 2.15. The van der Waals surface area contributed by atoms with E-state index in [1.54, 1.807) is 0 Å². The number of fused-ring (bicyclic) bond motifs is 3. The molecule has 2 atom stereocenters. The minimum Gasteiger partial charge on any atom is -0.480 e. The predicted molar refractivity (Wildman–Crippen MR) is 120 cm³/mol. The molecule has 0 bridgehead atoms. The lowest BCUT2D eigenvalue weighted by molar-refractivity contribution is -0.142. The molecule has 1 aliphatic carbocycles. The second kappa shape index (κ2) is 11.4. The number of methoxy groups -OCH3 is 2. The summed E-state index contributed by atoms with van der Waals surface area (Å²) in [5.74, 6) is -2.00. The number of rotatable bonds is 11. The molecule has 0 saturated carbocycles. The molecule has 2 aromatic carbocycles. The normalized spacial score (nSPS) is 14.0. The van der Waals surface area contributed by atoms with E-state index in [2.05, 4.69) is 10.6 Å². The lowest BCUT2D eigenvalue weighted by Crippen LogP contribution is -2.53. The van der Waals surface area contributed by atoms with E-state index in [1.807, 2.05) is 48.5 Å². The molecule has 2 amide bonds. The van der Waals surface area contributed by atoms with Crippen molar-refractivity contribution in [2.75, 3.05) is 34.0 Å². The van der Waals surface area contributed by atoms with Crippen LogP contribution in [0.15, 0.2) is 48.5 Å². The fourth-order valence-corrected chi connectivity index (χ4v) is 3.90. The fourth-order valence-electron chi connectivity index (χ4n) is 3.90. The lowest BCUT2D eigenvalue weighted by Gasteiger charge is -2.21. The number of hydrogen-bond acceptors (Lipinski definition) is 6. The molecule has 0 aliphatic heterocycles. The minimum atomic E-state index is -1.20. The number of hydrogen-bond donors (Lipinski definition) is 3. The van der Waals surface area contributed by atoms with Gasteiger partial charge in [0.05, 0.1) is 6.61 Å². The topological polar surface area (TPSA) is 123 Å². The highest BCUT2D eigenvalue weighted by Gasteiger charge is 2.30. The van der Waals surface area contributed by atoms with Crippen LogP contribution in [0.5, 0.6) is 0 Å². The van der Waals surface area contributed by atoms with Crippen LogP contribution < -0.4 is 10.6 Å². The number of carbonyl (C=O) groups is 3. The van der Waals surface area contributed by atoms with Crippen molar-refractivity contribution >= 4 is 18.0 Å². The molecule has 3 rings (SSSR count). The standard InChI is InChI=1S/C24H28N2O7/c1-31-12-11-20(23(28)29)25-22(27)21(14-32-2)26-24(30)33-13-19-17-9-5-3-7-15(17)16-8-4-6-10-18(16)19/h3-10,19-21H,11-14H2,1-2H3,(H,25,27)(H,26,30)(H,28,29). The van der Waals surface area contributed by atoms with Crippen molar-refractivity contribution in [3.05, 3.63) is 59.7 Å². The van der Waals surface area contributed by atoms with Gasteiger partial charge in [-0.05, 0) is 22.3 Å². The summed E-state index contributed by atoms with van der Waals surface area (Å²) in [5, 5.41) is 14.2. The Morgan fingerprint density at radius 3 is 2.06 bits per heavy atom. The molecule has 0 spiro atoms. The first-order valence-corrected chi connectivity index (χ1v) is 10.6. The molecule has 2 unspecified atom stereocenters. The van der Waals surface area contributed by atoms with Crippen molar-refractivity contribution in [3.63, 3.8) is 0 Å². The lowest BCUT2D eigenvalue weighted by atomic mass is 9.98.